The molecular weight excluding hydrogens is 306 g/mol. The zero-order valence-electron chi connectivity index (χ0n) is 13.1. The number of aromatic nitrogens is 2. The molecule has 0 amide bonds. The van der Waals surface area contributed by atoms with Crippen LogP contribution in [-0.2, 0) is 9.53 Å². The number of hydrogen-bond acceptors (Lipinski definition) is 7. The second-order valence-corrected chi connectivity index (χ2v) is 4.88. The molecule has 0 radical (unpaired) electrons. The van der Waals surface area contributed by atoms with E-state index in [9.17, 15) is 4.79 Å². The topological polar surface area (TPSA) is 89.2 Å². The number of pyridine rings is 2. The molecule has 0 fully saturated rings. The number of nitrogens with zero attached hydrogens (tertiary/aromatic N) is 5. The van der Waals surface area contributed by atoms with Gasteiger partial charge in [-0.15, -0.1) is 10.2 Å². The van der Waals surface area contributed by atoms with Crippen molar-refractivity contribution in [2.24, 2.45) is 15.2 Å². The summed E-state index contributed by atoms with van der Waals surface area (Å²) < 4.78 is 4.64. The van der Waals surface area contributed by atoms with Gasteiger partial charge >= 0.3 is 5.97 Å². The molecule has 0 N–H and O–H groups in total. The Morgan fingerprint density at radius 3 is 2.04 bits per heavy atom. The highest BCUT2D eigenvalue weighted by Gasteiger charge is 2.26. The molecule has 24 heavy (non-hydrogen) atoms. The highest BCUT2D eigenvalue weighted by molar-refractivity contribution is 6.75. The number of carbonyl (C=O) groups is 1. The lowest BCUT2D eigenvalue weighted by atomic mass is 10.0. The molecule has 0 atom stereocenters. The molecule has 0 bridgehead atoms. The summed E-state index contributed by atoms with van der Waals surface area (Å²) in [5.41, 5.74) is 3.06. The van der Waals surface area contributed by atoms with E-state index in [0.717, 1.165) is 0 Å². The van der Waals surface area contributed by atoms with Crippen LogP contribution in [0.15, 0.2) is 64.0 Å². The van der Waals surface area contributed by atoms with Crippen LogP contribution in [0.5, 0.6) is 0 Å². The molecule has 7 nitrogen and oxygen atoms in total. The standard InChI is InChI=1S/C17H15N5O2/c1-24-14(23)8-11-20-17-15(12-6-2-4-9-18-12)21-22-16(17)13-7-3-5-10-19-13/h2-7,9-10H,8,11H2,1H3. The molecule has 3 rings (SSSR count). The molecule has 1 aliphatic rings. The van der Waals surface area contributed by atoms with Crippen molar-refractivity contribution < 1.29 is 9.53 Å². The Morgan fingerprint density at radius 1 is 1.00 bits per heavy atom. The van der Waals surface area contributed by atoms with Crippen LogP contribution < -0.4 is 0 Å². The molecule has 1 aliphatic heterocycles. The SMILES string of the molecule is COC(=O)CCN=C1C(c2ccccn2)=NN=C1c1ccccn1. The van der Waals surface area contributed by atoms with E-state index in [0.29, 0.717) is 28.5 Å². The predicted octanol–water partition coefficient (Wildman–Crippen LogP) is 1.69. The van der Waals surface area contributed by atoms with Crippen LogP contribution in [-0.4, -0.2) is 46.7 Å². The molecule has 0 aromatic carbocycles. The monoisotopic (exact) mass is 321 g/mol. The van der Waals surface area contributed by atoms with Gasteiger partial charge in [0, 0.05) is 12.4 Å². The first-order valence-electron chi connectivity index (χ1n) is 7.40. The molecule has 2 aromatic heterocycles. The lowest BCUT2D eigenvalue weighted by Gasteiger charge is -2.05. The highest BCUT2D eigenvalue weighted by atomic mass is 16.5. The molecule has 2 aromatic rings. The molecule has 0 saturated carbocycles. The van der Waals surface area contributed by atoms with Crippen LogP contribution in [0.25, 0.3) is 0 Å². The van der Waals surface area contributed by atoms with Crippen molar-refractivity contribution in [1.29, 1.82) is 0 Å². The molecular formula is C17H15N5O2. The summed E-state index contributed by atoms with van der Waals surface area (Å²) in [4.78, 5) is 24.4. The Kier molecular flexibility index (Phi) is 4.81. The summed E-state index contributed by atoms with van der Waals surface area (Å²) in [6.45, 7) is 0.277. The molecule has 7 heteroatoms. The molecule has 0 saturated heterocycles. The number of carbonyl (C=O) groups excluding carboxylic acids is 1. The van der Waals surface area contributed by atoms with E-state index in [4.69, 9.17) is 0 Å². The summed E-state index contributed by atoms with van der Waals surface area (Å²) in [7, 11) is 1.35. The Morgan fingerprint density at radius 2 is 1.58 bits per heavy atom. The van der Waals surface area contributed by atoms with Crippen molar-refractivity contribution in [3.05, 3.63) is 60.2 Å². The zero-order chi connectivity index (χ0) is 16.8. The third-order valence-corrected chi connectivity index (χ3v) is 3.33. The van der Waals surface area contributed by atoms with Gasteiger partial charge in [-0.2, -0.15) is 0 Å². The molecule has 0 spiro atoms. The van der Waals surface area contributed by atoms with Crippen LogP contribution in [0.1, 0.15) is 17.8 Å². The van der Waals surface area contributed by atoms with Crippen molar-refractivity contribution in [2.45, 2.75) is 6.42 Å². The van der Waals surface area contributed by atoms with E-state index in [-0.39, 0.29) is 18.9 Å². The Labute approximate surface area is 138 Å². The summed E-state index contributed by atoms with van der Waals surface area (Å²) in [5, 5.41) is 8.44. The number of rotatable bonds is 5. The Balaban J connectivity index is 1.91. The van der Waals surface area contributed by atoms with Gasteiger partial charge < -0.3 is 4.74 Å². The molecule has 0 aliphatic carbocycles. The average Bonchev–Trinajstić information content (AvgIpc) is 3.07. The van der Waals surface area contributed by atoms with Crippen molar-refractivity contribution in [3.63, 3.8) is 0 Å². The van der Waals surface area contributed by atoms with Gasteiger partial charge in [0.15, 0.2) is 0 Å². The minimum atomic E-state index is -0.315. The molecule has 120 valence electrons. The quantitative estimate of drug-likeness (QED) is 0.784. The van der Waals surface area contributed by atoms with E-state index in [2.05, 4.69) is 29.9 Å². The van der Waals surface area contributed by atoms with Crippen LogP contribution in [0.4, 0.5) is 0 Å². The lowest BCUT2D eigenvalue weighted by Crippen LogP contribution is -2.24. The molecule has 3 heterocycles. The van der Waals surface area contributed by atoms with Gasteiger partial charge in [0.2, 0.25) is 0 Å². The first-order chi connectivity index (χ1) is 11.8. The minimum Gasteiger partial charge on any atom is -0.469 e. The maximum Gasteiger partial charge on any atom is 0.307 e. The average molecular weight is 321 g/mol. The van der Waals surface area contributed by atoms with Crippen molar-refractivity contribution >= 4 is 23.1 Å². The first-order valence-corrected chi connectivity index (χ1v) is 7.40. The van der Waals surface area contributed by atoms with E-state index in [1.807, 2.05) is 36.4 Å². The molecule has 0 unspecified atom stereocenters. The fourth-order valence-electron chi connectivity index (χ4n) is 2.17. The van der Waals surface area contributed by atoms with E-state index < -0.39 is 0 Å². The largest absolute Gasteiger partial charge is 0.469 e. The third-order valence-electron chi connectivity index (χ3n) is 3.33. The van der Waals surface area contributed by atoms with E-state index >= 15 is 0 Å². The van der Waals surface area contributed by atoms with Crippen molar-refractivity contribution in [1.82, 2.24) is 9.97 Å². The fourth-order valence-corrected chi connectivity index (χ4v) is 2.17. The zero-order valence-corrected chi connectivity index (χ0v) is 13.1. The van der Waals surface area contributed by atoms with Gasteiger partial charge in [0.25, 0.3) is 0 Å². The Hall–Kier alpha value is -3.22. The van der Waals surface area contributed by atoms with Gasteiger partial charge in [-0.25, -0.2) is 0 Å². The van der Waals surface area contributed by atoms with Gasteiger partial charge in [0.1, 0.15) is 17.1 Å². The normalized spacial score (nSPS) is 13.3. The second-order valence-electron chi connectivity index (χ2n) is 4.88. The summed E-state index contributed by atoms with van der Waals surface area (Å²) >= 11 is 0. The Bertz CT molecular complexity index is 756. The lowest BCUT2D eigenvalue weighted by molar-refractivity contribution is -0.140. The van der Waals surface area contributed by atoms with Crippen LogP contribution >= 0.6 is 0 Å². The predicted molar refractivity (Wildman–Crippen MR) is 90.5 cm³/mol. The fraction of sp³-hybridized carbons (Fsp3) is 0.176. The van der Waals surface area contributed by atoms with Gasteiger partial charge in [-0.05, 0) is 24.3 Å². The maximum atomic E-state index is 11.3. The van der Waals surface area contributed by atoms with Gasteiger partial charge in [-0.3, -0.25) is 19.8 Å². The number of hydrogen-bond donors (Lipinski definition) is 0. The van der Waals surface area contributed by atoms with E-state index in [1.54, 1.807) is 12.4 Å². The second kappa shape index (κ2) is 7.36. The number of methoxy groups -OCH3 is 1. The van der Waals surface area contributed by atoms with Crippen molar-refractivity contribution in [3.8, 4) is 0 Å². The first kappa shape index (κ1) is 15.7. The highest BCUT2D eigenvalue weighted by Crippen LogP contribution is 2.13. The van der Waals surface area contributed by atoms with Gasteiger partial charge in [-0.1, -0.05) is 12.1 Å². The maximum absolute atomic E-state index is 11.3. The summed E-state index contributed by atoms with van der Waals surface area (Å²) in [6, 6.07) is 11.1. The summed E-state index contributed by atoms with van der Waals surface area (Å²) in [5.74, 6) is -0.315. The summed E-state index contributed by atoms with van der Waals surface area (Å²) in [6.07, 6.45) is 3.55. The number of esters is 1. The number of aliphatic imine (C=N–C) groups is 1. The third kappa shape index (κ3) is 3.40. The van der Waals surface area contributed by atoms with Crippen LogP contribution in [0, 0.1) is 0 Å². The van der Waals surface area contributed by atoms with E-state index in [1.165, 1.54) is 7.11 Å². The minimum absolute atomic E-state index is 0.186. The van der Waals surface area contributed by atoms with Crippen LogP contribution in [0.2, 0.25) is 0 Å². The van der Waals surface area contributed by atoms with Crippen LogP contribution in [0.3, 0.4) is 0 Å². The van der Waals surface area contributed by atoms with Crippen molar-refractivity contribution in [2.75, 3.05) is 13.7 Å². The van der Waals surface area contributed by atoms with Gasteiger partial charge in [0.05, 0.1) is 31.5 Å². The smallest absolute Gasteiger partial charge is 0.307 e. The number of ether oxygens (including phenoxy) is 1.